The van der Waals surface area contributed by atoms with Crippen molar-refractivity contribution in [2.75, 3.05) is 23.4 Å². The van der Waals surface area contributed by atoms with Crippen LogP contribution in [0.5, 0.6) is 5.75 Å². The van der Waals surface area contributed by atoms with Crippen molar-refractivity contribution in [2.45, 2.75) is 46.6 Å². The lowest BCUT2D eigenvalue weighted by molar-refractivity contribution is -0.155. The van der Waals surface area contributed by atoms with Crippen molar-refractivity contribution in [1.29, 1.82) is 0 Å². The number of carbonyl (C=O) groups excluding carboxylic acids is 3. The lowest BCUT2D eigenvalue weighted by Gasteiger charge is -2.17. The van der Waals surface area contributed by atoms with E-state index in [0.717, 1.165) is 34.5 Å². The summed E-state index contributed by atoms with van der Waals surface area (Å²) in [4.78, 5) is 38.1. The van der Waals surface area contributed by atoms with Crippen molar-refractivity contribution < 1.29 is 23.9 Å². The van der Waals surface area contributed by atoms with Gasteiger partial charge in [0.15, 0.2) is 12.7 Å². The highest BCUT2D eigenvalue weighted by Crippen LogP contribution is 2.24. The molecule has 0 radical (unpaired) electrons. The quantitative estimate of drug-likeness (QED) is 0.686. The lowest BCUT2D eigenvalue weighted by atomic mass is 10.0. The van der Waals surface area contributed by atoms with E-state index >= 15 is 0 Å². The Balaban J connectivity index is 1.49. The van der Waals surface area contributed by atoms with Crippen LogP contribution in [-0.2, 0) is 19.1 Å². The Labute approximate surface area is 182 Å². The summed E-state index contributed by atoms with van der Waals surface area (Å²) in [5.41, 5.74) is 4.55. The molecule has 1 unspecified atom stereocenters. The molecule has 31 heavy (non-hydrogen) atoms. The van der Waals surface area contributed by atoms with Gasteiger partial charge in [0.25, 0.3) is 5.91 Å². The van der Waals surface area contributed by atoms with Crippen LogP contribution in [0.2, 0.25) is 0 Å². The first-order chi connectivity index (χ1) is 14.7. The van der Waals surface area contributed by atoms with Crippen LogP contribution in [0, 0.1) is 20.8 Å². The van der Waals surface area contributed by atoms with E-state index in [1.54, 1.807) is 29.2 Å². The van der Waals surface area contributed by atoms with Gasteiger partial charge in [0.05, 0.1) is 0 Å². The molecule has 0 aliphatic carbocycles. The maximum atomic E-state index is 12.4. The van der Waals surface area contributed by atoms with Gasteiger partial charge < -0.3 is 19.7 Å². The van der Waals surface area contributed by atoms with Crippen LogP contribution >= 0.6 is 0 Å². The second-order valence-electron chi connectivity index (χ2n) is 7.83. The van der Waals surface area contributed by atoms with Gasteiger partial charge in [0.1, 0.15) is 5.75 Å². The molecule has 1 aliphatic heterocycles. The molecule has 1 heterocycles. The third-order valence-electron chi connectivity index (χ3n) is 5.18. The molecule has 2 aromatic carbocycles. The number of rotatable bonds is 7. The zero-order valence-electron chi connectivity index (χ0n) is 18.4. The molecule has 2 aromatic rings. The van der Waals surface area contributed by atoms with E-state index in [4.69, 9.17) is 9.47 Å². The van der Waals surface area contributed by atoms with Gasteiger partial charge in [-0.2, -0.15) is 0 Å². The number of anilines is 2. The van der Waals surface area contributed by atoms with Crippen LogP contribution in [0.1, 0.15) is 36.5 Å². The van der Waals surface area contributed by atoms with Gasteiger partial charge in [0.2, 0.25) is 5.91 Å². The van der Waals surface area contributed by atoms with Crippen LogP contribution in [-0.4, -0.2) is 37.0 Å². The number of ether oxygens (including phenoxy) is 2. The Hall–Kier alpha value is -3.35. The number of aryl methyl sites for hydroxylation is 3. The summed E-state index contributed by atoms with van der Waals surface area (Å²) in [7, 11) is 0. The van der Waals surface area contributed by atoms with Gasteiger partial charge in [-0.05, 0) is 69.5 Å². The van der Waals surface area contributed by atoms with Gasteiger partial charge in [-0.1, -0.05) is 17.7 Å². The molecule has 0 aromatic heterocycles. The molecule has 1 N–H and O–H groups in total. The minimum absolute atomic E-state index is 0.112. The topological polar surface area (TPSA) is 84.9 Å². The van der Waals surface area contributed by atoms with Crippen molar-refractivity contribution in [2.24, 2.45) is 0 Å². The summed E-state index contributed by atoms with van der Waals surface area (Å²) in [6.45, 7) is 7.76. The first-order valence-electron chi connectivity index (χ1n) is 10.4. The van der Waals surface area contributed by atoms with Crippen LogP contribution in [0.15, 0.2) is 36.4 Å². The standard InChI is InChI=1S/C24H28N2O5/c1-15-12-16(2)23(17(3)13-15)25-24(29)18(4)31-22(28)14-30-20-9-7-19(8-10-20)26-11-5-6-21(26)27/h7-10,12-13,18H,5-6,11,14H2,1-4H3,(H,25,29). The third-order valence-corrected chi connectivity index (χ3v) is 5.18. The van der Waals surface area contributed by atoms with Gasteiger partial charge in [-0.15, -0.1) is 0 Å². The lowest BCUT2D eigenvalue weighted by Crippen LogP contribution is -2.32. The van der Waals surface area contributed by atoms with Crippen molar-refractivity contribution in [3.8, 4) is 5.75 Å². The summed E-state index contributed by atoms with van der Waals surface area (Å²) >= 11 is 0. The summed E-state index contributed by atoms with van der Waals surface area (Å²) in [6.07, 6.45) is 0.469. The van der Waals surface area contributed by atoms with E-state index in [1.165, 1.54) is 6.92 Å². The van der Waals surface area contributed by atoms with Gasteiger partial charge in [-0.3, -0.25) is 9.59 Å². The second kappa shape index (κ2) is 9.64. The van der Waals surface area contributed by atoms with E-state index in [9.17, 15) is 14.4 Å². The summed E-state index contributed by atoms with van der Waals surface area (Å²) in [6, 6.07) is 10.9. The van der Waals surface area contributed by atoms with Gasteiger partial charge in [-0.25, -0.2) is 4.79 Å². The van der Waals surface area contributed by atoms with Gasteiger partial charge in [0, 0.05) is 24.3 Å². The SMILES string of the molecule is Cc1cc(C)c(NC(=O)C(C)OC(=O)COc2ccc(N3CCCC3=O)cc2)c(C)c1. The highest BCUT2D eigenvalue weighted by atomic mass is 16.6. The van der Waals surface area contributed by atoms with E-state index in [2.05, 4.69) is 5.32 Å². The second-order valence-corrected chi connectivity index (χ2v) is 7.83. The van der Waals surface area contributed by atoms with E-state index in [-0.39, 0.29) is 12.5 Å². The predicted octanol–water partition coefficient (Wildman–Crippen LogP) is 3.69. The molecule has 7 nitrogen and oxygen atoms in total. The Morgan fingerprint density at radius 2 is 1.74 bits per heavy atom. The largest absolute Gasteiger partial charge is 0.482 e. The average Bonchev–Trinajstić information content (AvgIpc) is 3.15. The Bertz CT molecular complexity index is 961. The minimum Gasteiger partial charge on any atom is -0.482 e. The molecule has 0 spiro atoms. The molecule has 1 saturated heterocycles. The molecule has 1 fully saturated rings. The molecule has 164 valence electrons. The molecular weight excluding hydrogens is 396 g/mol. The highest BCUT2D eigenvalue weighted by Gasteiger charge is 2.22. The maximum absolute atomic E-state index is 12.4. The fourth-order valence-corrected chi connectivity index (χ4v) is 3.67. The number of hydrogen-bond donors (Lipinski definition) is 1. The monoisotopic (exact) mass is 424 g/mol. The third kappa shape index (κ3) is 5.63. The smallest absolute Gasteiger partial charge is 0.344 e. The fraction of sp³-hybridized carbons (Fsp3) is 0.375. The van der Waals surface area contributed by atoms with Crippen LogP contribution < -0.4 is 15.0 Å². The van der Waals surface area contributed by atoms with Crippen molar-refractivity contribution in [3.05, 3.63) is 53.1 Å². The molecule has 3 rings (SSSR count). The molecule has 0 bridgehead atoms. The first kappa shape index (κ1) is 22.3. The molecule has 1 aliphatic rings. The number of benzene rings is 2. The van der Waals surface area contributed by atoms with Crippen molar-refractivity contribution >= 4 is 29.2 Å². The Kier molecular flexibility index (Phi) is 6.95. The zero-order valence-corrected chi connectivity index (χ0v) is 18.4. The molecular formula is C24H28N2O5. The number of amides is 2. The van der Waals surface area contributed by atoms with Crippen LogP contribution in [0.25, 0.3) is 0 Å². The molecule has 0 saturated carbocycles. The van der Waals surface area contributed by atoms with E-state index < -0.39 is 18.0 Å². The van der Waals surface area contributed by atoms with Crippen LogP contribution in [0.3, 0.4) is 0 Å². The number of esters is 1. The average molecular weight is 424 g/mol. The summed E-state index contributed by atoms with van der Waals surface area (Å²) in [5, 5.41) is 2.83. The van der Waals surface area contributed by atoms with Crippen molar-refractivity contribution in [1.82, 2.24) is 0 Å². The van der Waals surface area contributed by atoms with Crippen LogP contribution in [0.4, 0.5) is 11.4 Å². The molecule has 2 amide bonds. The number of nitrogens with zero attached hydrogens (tertiary/aromatic N) is 1. The Morgan fingerprint density at radius 3 is 2.32 bits per heavy atom. The number of hydrogen-bond acceptors (Lipinski definition) is 5. The Morgan fingerprint density at radius 1 is 1.10 bits per heavy atom. The van der Waals surface area contributed by atoms with Gasteiger partial charge >= 0.3 is 5.97 Å². The minimum atomic E-state index is -0.959. The highest BCUT2D eigenvalue weighted by molar-refractivity contribution is 5.96. The fourth-order valence-electron chi connectivity index (χ4n) is 3.67. The predicted molar refractivity (Wildman–Crippen MR) is 118 cm³/mol. The zero-order chi connectivity index (χ0) is 22.5. The summed E-state index contributed by atoms with van der Waals surface area (Å²) < 4.78 is 10.7. The summed E-state index contributed by atoms with van der Waals surface area (Å²) in [5.74, 6) is -0.447. The molecule has 7 heteroatoms. The van der Waals surface area contributed by atoms with E-state index in [0.29, 0.717) is 18.7 Å². The number of nitrogens with one attached hydrogen (secondary N) is 1. The first-order valence-corrected chi connectivity index (χ1v) is 10.4. The van der Waals surface area contributed by atoms with E-state index in [1.807, 2.05) is 32.9 Å². The number of carbonyl (C=O) groups is 3. The maximum Gasteiger partial charge on any atom is 0.344 e. The molecule has 1 atom stereocenters. The van der Waals surface area contributed by atoms with Crippen molar-refractivity contribution in [3.63, 3.8) is 0 Å². The normalized spacial score (nSPS) is 14.3.